The van der Waals surface area contributed by atoms with Crippen LogP contribution < -0.4 is 5.73 Å². The molecule has 0 radical (unpaired) electrons. The number of anilines is 1. The van der Waals surface area contributed by atoms with Gasteiger partial charge in [0.15, 0.2) is 0 Å². The summed E-state index contributed by atoms with van der Waals surface area (Å²) in [5.74, 6) is 0.618. The number of nitrogens with two attached hydrogens (primary N) is 1. The molecule has 0 unspecified atom stereocenters. The molecule has 1 aromatic rings. The van der Waals surface area contributed by atoms with Gasteiger partial charge in [0.25, 0.3) is 0 Å². The maximum atomic E-state index is 8.88. The summed E-state index contributed by atoms with van der Waals surface area (Å²) >= 11 is 0. The van der Waals surface area contributed by atoms with Crippen molar-refractivity contribution in [3.63, 3.8) is 0 Å². The van der Waals surface area contributed by atoms with Crippen molar-refractivity contribution < 1.29 is 19.2 Å². The van der Waals surface area contributed by atoms with Gasteiger partial charge < -0.3 is 20.4 Å². The Morgan fingerprint density at radius 1 is 1.46 bits per heavy atom. The minimum absolute atomic E-state index is 0.618. The van der Waals surface area contributed by atoms with Crippen LogP contribution in [0.25, 0.3) is 0 Å². The third kappa shape index (κ3) is 8.97. The number of aryl methyl sites for hydroxylation is 1. The average molecular weight is 206 g/mol. The second-order valence-electron chi connectivity index (χ2n) is 2.22. The first-order chi connectivity index (χ1) is 5.80. The fraction of sp³-hybridized carbons (Fsp3) is 0.167. The quantitative estimate of drug-likeness (QED) is 0.445. The predicted octanol–water partition coefficient (Wildman–Crippen LogP) is 0.0436. The molecule has 0 saturated carbocycles. The van der Waals surface area contributed by atoms with E-state index in [9.17, 15) is 0 Å². The smallest absolute Gasteiger partial charge is 0.383 e. The Bertz CT molecular complexity index is 282. The molecule has 0 atom stereocenters. The molecule has 0 spiro atoms. The first-order valence-electron chi connectivity index (χ1n) is 3.26. The monoisotopic (exact) mass is 206 g/mol. The molecule has 0 saturated heterocycles. The summed E-state index contributed by atoms with van der Waals surface area (Å²) in [6, 6.07) is 3.80. The minimum Gasteiger partial charge on any atom is -0.383 e. The molecule has 13 heavy (non-hydrogen) atoms. The molecule has 1 heterocycles. The highest BCUT2D eigenvalue weighted by Crippen LogP contribution is 2.25. The van der Waals surface area contributed by atoms with Crippen LogP contribution in [0.1, 0.15) is 5.56 Å². The molecule has 0 fully saturated rings. The summed E-state index contributed by atoms with van der Waals surface area (Å²) in [6.45, 7) is 1.93. The zero-order chi connectivity index (χ0) is 10.5. The predicted molar refractivity (Wildman–Crippen MR) is 47.6 cm³/mol. The largest absolute Gasteiger partial charge is 0.466 e. The van der Waals surface area contributed by atoms with Gasteiger partial charge in [0.2, 0.25) is 0 Å². The van der Waals surface area contributed by atoms with Gasteiger partial charge in [0, 0.05) is 6.20 Å². The summed E-state index contributed by atoms with van der Waals surface area (Å²) < 4.78 is 8.88. The molecule has 1 aromatic heterocycles. The number of nitrogen functional groups attached to an aromatic ring is 1. The molecule has 5 N–H and O–H groups in total. The number of hydrogen-bond donors (Lipinski definition) is 4. The molecule has 0 aliphatic rings. The van der Waals surface area contributed by atoms with Gasteiger partial charge in [-0.1, -0.05) is 6.07 Å². The van der Waals surface area contributed by atoms with Crippen LogP contribution in [0.3, 0.4) is 0 Å². The second-order valence-corrected chi connectivity index (χ2v) is 3.25. The van der Waals surface area contributed by atoms with E-state index in [1.165, 1.54) is 0 Å². The fourth-order valence-corrected chi connectivity index (χ4v) is 0.498. The number of nitrogens with zero attached hydrogens (tertiary/aromatic N) is 1. The maximum Gasteiger partial charge on any atom is 0.466 e. The number of rotatable bonds is 0. The Morgan fingerprint density at radius 3 is 2.15 bits per heavy atom. The van der Waals surface area contributed by atoms with Crippen molar-refractivity contribution >= 4 is 13.6 Å². The Morgan fingerprint density at radius 2 is 1.92 bits per heavy atom. The van der Waals surface area contributed by atoms with Crippen LogP contribution in [-0.4, -0.2) is 19.7 Å². The van der Waals surface area contributed by atoms with Crippen LogP contribution in [-0.2, 0) is 4.57 Å². The normalized spacial score (nSPS) is 10.2. The van der Waals surface area contributed by atoms with Crippen LogP contribution in [0, 0.1) is 6.92 Å². The van der Waals surface area contributed by atoms with Crippen molar-refractivity contribution in [1.82, 2.24) is 4.98 Å². The second kappa shape index (κ2) is 4.94. The SMILES string of the molecule is Cc1cccnc1N.O=P(O)(O)O. The highest BCUT2D eigenvalue weighted by atomic mass is 31.2. The molecular formula is C6H11N2O4P. The van der Waals surface area contributed by atoms with E-state index in [-0.39, 0.29) is 0 Å². The molecular weight excluding hydrogens is 195 g/mol. The van der Waals surface area contributed by atoms with Crippen molar-refractivity contribution in [2.45, 2.75) is 6.92 Å². The number of hydrogen-bond acceptors (Lipinski definition) is 3. The summed E-state index contributed by atoms with van der Waals surface area (Å²) in [4.78, 5) is 25.4. The summed E-state index contributed by atoms with van der Waals surface area (Å²) in [5, 5.41) is 0. The van der Waals surface area contributed by atoms with Crippen LogP contribution in [0.15, 0.2) is 18.3 Å². The van der Waals surface area contributed by atoms with Crippen LogP contribution >= 0.6 is 7.82 Å². The van der Waals surface area contributed by atoms with Gasteiger partial charge in [-0.3, -0.25) is 0 Å². The molecule has 0 aromatic carbocycles. The van der Waals surface area contributed by atoms with E-state index in [1.807, 2.05) is 19.1 Å². The molecule has 0 aliphatic heterocycles. The Kier molecular flexibility index (Phi) is 4.58. The van der Waals surface area contributed by atoms with Gasteiger partial charge in [-0.05, 0) is 18.6 Å². The van der Waals surface area contributed by atoms with Crippen LogP contribution in [0.4, 0.5) is 5.82 Å². The topological polar surface area (TPSA) is 117 Å². The van der Waals surface area contributed by atoms with Crippen molar-refractivity contribution in [3.8, 4) is 0 Å². The van der Waals surface area contributed by atoms with E-state index in [0.717, 1.165) is 5.56 Å². The van der Waals surface area contributed by atoms with E-state index in [1.54, 1.807) is 6.20 Å². The first-order valence-corrected chi connectivity index (χ1v) is 4.82. The van der Waals surface area contributed by atoms with Crippen molar-refractivity contribution in [3.05, 3.63) is 23.9 Å². The summed E-state index contributed by atoms with van der Waals surface area (Å²) in [7, 11) is -4.64. The molecule has 74 valence electrons. The van der Waals surface area contributed by atoms with Gasteiger partial charge >= 0.3 is 7.82 Å². The van der Waals surface area contributed by atoms with E-state index in [4.69, 9.17) is 25.0 Å². The molecule has 1 rings (SSSR count). The highest BCUT2D eigenvalue weighted by molar-refractivity contribution is 7.45. The van der Waals surface area contributed by atoms with E-state index in [2.05, 4.69) is 4.98 Å². The van der Waals surface area contributed by atoms with Crippen molar-refractivity contribution in [2.75, 3.05) is 5.73 Å². The summed E-state index contributed by atoms with van der Waals surface area (Å²) in [5.41, 5.74) is 6.44. The molecule has 7 heteroatoms. The van der Waals surface area contributed by atoms with Gasteiger partial charge in [-0.2, -0.15) is 0 Å². The van der Waals surface area contributed by atoms with E-state index >= 15 is 0 Å². The molecule has 0 amide bonds. The fourth-order valence-electron chi connectivity index (χ4n) is 0.498. The van der Waals surface area contributed by atoms with Crippen LogP contribution in [0.5, 0.6) is 0 Å². The minimum atomic E-state index is -4.64. The lowest BCUT2D eigenvalue weighted by Gasteiger charge is -1.92. The third-order valence-electron chi connectivity index (χ3n) is 1.05. The van der Waals surface area contributed by atoms with Crippen LogP contribution in [0.2, 0.25) is 0 Å². The lowest BCUT2D eigenvalue weighted by Crippen LogP contribution is -1.90. The van der Waals surface area contributed by atoms with Gasteiger partial charge in [0.1, 0.15) is 5.82 Å². The van der Waals surface area contributed by atoms with Gasteiger partial charge in [-0.15, -0.1) is 0 Å². The first kappa shape index (κ1) is 12.1. The maximum absolute atomic E-state index is 8.88. The average Bonchev–Trinajstić information content (AvgIpc) is 1.92. The van der Waals surface area contributed by atoms with Crippen molar-refractivity contribution in [1.29, 1.82) is 0 Å². The number of aromatic nitrogens is 1. The van der Waals surface area contributed by atoms with Gasteiger partial charge in [-0.25, -0.2) is 9.55 Å². The Balaban J connectivity index is 0.000000252. The van der Waals surface area contributed by atoms with Gasteiger partial charge in [0.05, 0.1) is 0 Å². The lowest BCUT2D eigenvalue weighted by molar-refractivity contribution is 0.275. The third-order valence-corrected chi connectivity index (χ3v) is 1.05. The Hall–Kier alpha value is -0.940. The van der Waals surface area contributed by atoms with E-state index < -0.39 is 7.82 Å². The standard InChI is InChI=1S/C6H8N2.H3O4P/c1-5-3-2-4-8-6(5)7;1-5(2,3)4/h2-4H,1H3,(H2,7,8);(H3,1,2,3,4). The highest BCUT2D eigenvalue weighted by Gasteiger charge is 2.00. The molecule has 0 bridgehead atoms. The van der Waals surface area contributed by atoms with Crippen molar-refractivity contribution in [2.24, 2.45) is 0 Å². The summed E-state index contributed by atoms with van der Waals surface area (Å²) in [6.07, 6.45) is 1.68. The molecule has 6 nitrogen and oxygen atoms in total. The lowest BCUT2D eigenvalue weighted by atomic mass is 10.3. The number of phosphoric acid groups is 1. The molecule has 0 aliphatic carbocycles. The zero-order valence-electron chi connectivity index (χ0n) is 6.95. The number of pyridine rings is 1. The zero-order valence-corrected chi connectivity index (χ0v) is 7.85. The van der Waals surface area contributed by atoms with E-state index in [0.29, 0.717) is 5.82 Å². The Labute approximate surface area is 75.3 Å².